The molecule has 1 aliphatic carbocycles. The van der Waals surface area contributed by atoms with Gasteiger partial charge in [0.25, 0.3) is 0 Å². The van der Waals surface area contributed by atoms with Gasteiger partial charge in [-0.25, -0.2) is 8.42 Å². The maximum Gasteiger partial charge on any atom is 0.245 e. The van der Waals surface area contributed by atoms with Crippen molar-refractivity contribution in [3.63, 3.8) is 0 Å². The highest BCUT2D eigenvalue weighted by Gasteiger charge is 2.39. The van der Waals surface area contributed by atoms with Crippen molar-refractivity contribution >= 4 is 10.0 Å². The molecule has 1 fully saturated rings. The zero-order valence-corrected chi connectivity index (χ0v) is 17.2. The lowest BCUT2D eigenvalue weighted by Gasteiger charge is -2.21. The van der Waals surface area contributed by atoms with Crippen LogP contribution < -0.4 is 0 Å². The molecular formula is C22H23N3O3S. The third-order valence-corrected chi connectivity index (χ3v) is 7.82. The summed E-state index contributed by atoms with van der Waals surface area (Å²) in [5.41, 5.74) is 4.43. The first kappa shape index (κ1) is 18.5. The fourth-order valence-electron chi connectivity index (χ4n) is 4.31. The molecule has 2 heterocycles. The number of aromatic nitrogens is 2. The summed E-state index contributed by atoms with van der Waals surface area (Å²) in [5, 5.41) is 4.09. The lowest BCUT2D eigenvalue weighted by molar-refractivity contribution is 0.290. The Morgan fingerprint density at radius 1 is 1.03 bits per heavy atom. The molecule has 0 amide bonds. The number of benzene rings is 2. The zero-order valence-electron chi connectivity index (χ0n) is 16.3. The fraction of sp³-hybridized carbons (Fsp3) is 0.364. The van der Waals surface area contributed by atoms with Gasteiger partial charge in [0.05, 0.1) is 4.90 Å². The van der Waals surface area contributed by atoms with Crippen LogP contribution in [0.2, 0.25) is 0 Å². The van der Waals surface area contributed by atoms with E-state index in [2.05, 4.69) is 10.1 Å². The largest absolute Gasteiger partial charge is 0.337 e. The molecule has 0 saturated carbocycles. The zero-order chi connectivity index (χ0) is 20.0. The van der Waals surface area contributed by atoms with Crippen molar-refractivity contribution in [3.8, 4) is 11.4 Å². The molecule has 1 atom stereocenters. The third kappa shape index (κ3) is 3.28. The van der Waals surface area contributed by atoms with Crippen LogP contribution >= 0.6 is 0 Å². The minimum absolute atomic E-state index is 0.364. The van der Waals surface area contributed by atoms with Gasteiger partial charge in [0.15, 0.2) is 0 Å². The van der Waals surface area contributed by atoms with Crippen LogP contribution in [0, 0.1) is 6.92 Å². The van der Waals surface area contributed by atoms with Crippen LogP contribution in [-0.4, -0.2) is 29.4 Å². The van der Waals surface area contributed by atoms with E-state index in [9.17, 15) is 8.42 Å². The number of hydrogen-bond acceptors (Lipinski definition) is 5. The highest BCUT2D eigenvalue weighted by molar-refractivity contribution is 7.89. The van der Waals surface area contributed by atoms with Gasteiger partial charge in [-0.05, 0) is 62.3 Å². The molecule has 1 saturated heterocycles. The average molecular weight is 410 g/mol. The van der Waals surface area contributed by atoms with Crippen molar-refractivity contribution < 1.29 is 12.9 Å². The Hall–Kier alpha value is -2.51. The van der Waals surface area contributed by atoms with E-state index in [-0.39, 0.29) is 0 Å². The normalized spacial score (nSPS) is 19.6. The van der Waals surface area contributed by atoms with Crippen LogP contribution in [0.1, 0.15) is 47.9 Å². The molecule has 0 radical (unpaired) electrons. The number of nitrogens with zero attached hydrogens (tertiary/aromatic N) is 3. The Labute approximate surface area is 170 Å². The van der Waals surface area contributed by atoms with Crippen LogP contribution in [0.25, 0.3) is 11.4 Å². The number of rotatable bonds is 4. The highest BCUT2D eigenvalue weighted by Crippen LogP contribution is 2.37. The predicted molar refractivity (Wildman–Crippen MR) is 109 cm³/mol. The van der Waals surface area contributed by atoms with Crippen LogP contribution in [-0.2, 0) is 22.9 Å². The molecule has 0 spiro atoms. The topological polar surface area (TPSA) is 76.3 Å². The second-order valence-electron chi connectivity index (χ2n) is 7.88. The monoisotopic (exact) mass is 409 g/mol. The van der Waals surface area contributed by atoms with E-state index in [1.54, 1.807) is 6.07 Å². The minimum Gasteiger partial charge on any atom is -0.337 e. The van der Waals surface area contributed by atoms with Gasteiger partial charge in [-0.2, -0.15) is 9.29 Å². The average Bonchev–Trinajstić information content (AvgIpc) is 3.46. The lowest BCUT2D eigenvalue weighted by atomic mass is 10.1. The van der Waals surface area contributed by atoms with E-state index in [0.717, 1.165) is 42.4 Å². The number of aryl methyl sites for hydroxylation is 3. The van der Waals surface area contributed by atoms with E-state index in [1.165, 1.54) is 9.87 Å². The maximum absolute atomic E-state index is 13.4. The van der Waals surface area contributed by atoms with Gasteiger partial charge in [0.2, 0.25) is 21.7 Å². The lowest BCUT2D eigenvalue weighted by Crippen LogP contribution is -2.31. The van der Waals surface area contributed by atoms with Gasteiger partial charge in [-0.3, -0.25) is 0 Å². The number of sulfonamides is 1. The molecule has 29 heavy (non-hydrogen) atoms. The Kier molecular flexibility index (Phi) is 4.52. The second-order valence-corrected chi connectivity index (χ2v) is 9.77. The molecule has 1 unspecified atom stereocenters. The molecule has 1 aliphatic heterocycles. The molecule has 1 aromatic heterocycles. The van der Waals surface area contributed by atoms with Gasteiger partial charge in [-0.1, -0.05) is 41.1 Å². The summed E-state index contributed by atoms with van der Waals surface area (Å²) < 4.78 is 33.8. The summed E-state index contributed by atoms with van der Waals surface area (Å²) in [6.07, 6.45) is 4.53. The minimum atomic E-state index is -3.61. The van der Waals surface area contributed by atoms with Gasteiger partial charge < -0.3 is 4.52 Å². The third-order valence-electron chi connectivity index (χ3n) is 5.92. The van der Waals surface area contributed by atoms with Crippen molar-refractivity contribution in [2.45, 2.75) is 50.0 Å². The van der Waals surface area contributed by atoms with E-state index in [0.29, 0.717) is 29.6 Å². The Morgan fingerprint density at radius 2 is 1.83 bits per heavy atom. The summed E-state index contributed by atoms with van der Waals surface area (Å²) in [4.78, 5) is 4.89. The van der Waals surface area contributed by atoms with E-state index >= 15 is 0 Å². The van der Waals surface area contributed by atoms with Gasteiger partial charge in [-0.15, -0.1) is 0 Å². The molecule has 6 nitrogen and oxygen atoms in total. The molecule has 7 heteroatoms. The fourth-order valence-corrected chi connectivity index (χ4v) is 6.01. The Morgan fingerprint density at radius 3 is 2.66 bits per heavy atom. The van der Waals surface area contributed by atoms with Crippen molar-refractivity contribution in [1.29, 1.82) is 0 Å². The van der Waals surface area contributed by atoms with Gasteiger partial charge in [0, 0.05) is 12.1 Å². The first-order valence-corrected chi connectivity index (χ1v) is 11.5. The smallest absolute Gasteiger partial charge is 0.245 e. The van der Waals surface area contributed by atoms with Crippen molar-refractivity contribution in [3.05, 3.63) is 65.0 Å². The van der Waals surface area contributed by atoms with Crippen molar-refractivity contribution in [1.82, 2.24) is 14.4 Å². The van der Waals surface area contributed by atoms with Crippen molar-refractivity contribution in [2.75, 3.05) is 6.54 Å². The van der Waals surface area contributed by atoms with Gasteiger partial charge >= 0.3 is 0 Å². The van der Waals surface area contributed by atoms with Crippen LogP contribution in [0.3, 0.4) is 0 Å². The summed E-state index contributed by atoms with van der Waals surface area (Å²) in [6.45, 7) is 2.48. The first-order chi connectivity index (χ1) is 14.0. The standard InChI is InChI=1S/C22H23N3O3S/c1-15-7-9-17(10-8-15)21-23-22(28-24-21)20-6-3-13-25(20)29(26,27)19-12-11-16-4-2-5-18(16)14-19/h7-12,14,20H,2-6,13H2,1H3. The summed E-state index contributed by atoms with van der Waals surface area (Å²) in [5.74, 6) is 0.851. The summed E-state index contributed by atoms with van der Waals surface area (Å²) >= 11 is 0. The number of hydrogen-bond donors (Lipinski definition) is 0. The van der Waals surface area contributed by atoms with Crippen molar-refractivity contribution in [2.24, 2.45) is 0 Å². The molecule has 0 bridgehead atoms. The van der Waals surface area contributed by atoms with Gasteiger partial charge in [0.1, 0.15) is 6.04 Å². The molecule has 2 aromatic carbocycles. The number of fused-ring (bicyclic) bond motifs is 1. The Bertz CT molecular complexity index is 1150. The molecule has 2 aliphatic rings. The van der Waals surface area contributed by atoms with E-state index in [4.69, 9.17) is 4.52 Å². The molecule has 0 N–H and O–H groups in total. The molecule has 3 aromatic rings. The Balaban J connectivity index is 1.45. The predicted octanol–water partition coefficient (Wildman–Crippen LogP) is 4.06. The molecule has 5 rings (SSSR count). The highest BCUT2D eigenvalue weighted by atomic mass is 32.2. The molecule has 150 valence electrons. The maximum atomic E-state index is 13.4. The van der Waals surface area contributed by atoms with Crippen LogP contribution in [0.4, 0.5) is 0 Å². The summed E-state index contributed by atoms with van der Waals surface area (Å²) in [7, 11) is -3.61. The second kappa shape index (κ2) is 7.07. The van der Waals surface area contributed by atoms with Crippen LogP contribution in [0.5, 0.6) is 0 Å². The first-order valence-electron chi connectivity index (χ1n) is 10.1. The quantitative estimate of drug-likeness (QED) is 0.649. The van der Waals surface area contributed by atoms with E-state index in [1.807, 2.05) is 43.3 Å². The van der Waals surface area contributed by atoms with Crippen LogP contribution in [0.15, 0.2) is 51.9 Å². The van der Waals surface area contributed by atoms with E-state index < -0.39 is 16.1 Å². The molecular weight excluding hydrogens is 386 g/mol. The summed E-state index contributed by atoms with van der Waals surface area (Å²) in [6, 6.07) is 13.0. The SMILES string of the molecule is Cc1ccc(-c2noc(C3CCCN3S(=O)(=O)c3ccc4c(c3)CCC4)n2)cc1.